The summed E-state index contributed by atoms with van der Waals surface area (Å²) in [6.07, 6.45) is 1.04. The summed E-state index contributed by atoms with van der Waals surface area (Å²) in [7, 11) is 0. The molecule has 19 heavy (non-hydrogen) atoms. The molecule has 0 saturated heterocycles. The normalized spacial score (nSPS) is 12.2. The van der Waals surface area contributed by atoms with Crippen LogP contribution >= 0.6 is 0 Å². The highest BCUT2D eigenvalue weighted by atomic mass is 16.3. The molecule has 1 N–H and O–H groups in total. The van der Waals surface area contributed by atoms with Crippen molar-refractivity contribution in [1.82, 2.24) is 4.98 Å². The minimum absolute atomic E-state index is 0.660. The summed E-state index contributed by atoms with van der Waals surface area (Å²) >= 11 is 0. The zero-order chi connectivity index (χ0) is 13.7. The maximum atomic E-state index is 10.3. The van der Waals surface area contributed by atoms with Crippen LogP contribution in [-0.4, -0.2) is 23.2 Å². The average molecular weight is 256 g/mol. The number of aliphatic hydroxyl groups excluding tert-OH is 1. The van der Waals surface area contributed by atoms with E-state index in [1.54, 1.807) is 6.20 Å². The molecule has 0 fully saturated rings. The lowest BCUT2D eigenvalue weighted by Crippen LogP contribution is -2.21. The van der Waals surface area contributed by atoms with Crippen LogP contribution in [0.15, 0.2) is 48.7 Å². The van der Waals surface area contributed by atoms with E-state index in [1.807, 2.05) is 30.3 Å². The Kier molecular flexibility index (Phi) is 4.53. The fraction of sp³-hybridized carbons (Fsp3) is 0.312. The summed E-state index contributed by atoms with van der Waals surface area (Å²) in [6.45, 7) is 6.25. The standard InChI is InChI=1S/C16H20N2O/c1-3-18(4-2)14-10-8-13(9-11-14)16(19)15-7-5-6-12-17-15/h5-12,16,19H,3-4H2,1-2H3/t16-/m0/s1. The highest BCUT2D eigenvalue weighted by molar-refractivity contribution is 5.48. The van der Waals surface area contributed by atoms with Gasteiger partial charge in [-0.3, -0.25) is 4.98 Å². The molecule has 0 spiro atoms. The molecule has 3 heteroatoms. The summed E-state index contributed by atoms with van der Waals surface area (Å²) in [5.41, 5.74) is 2.73. The molecule has 2 rings (SSSR count). The molecule has 0 amide bonds. The van der Waals surface area contributed by atoms with Gasteiger partial charge in [-0.2, -0.15) is 0 Å². The van der Waals surface area contributed by atoms with Gasteiger partial charge in [0.25, 0.3) is 0 Å². The minimum atomic E-state index is -0.660. The van der Waals surface area contributed by atoms with Gasteiger partial charge >= 0.3 is 0 Å². The smallest absolute Gasteiger partial charge is 0.121 e. The van der Waals surface area contributed by atoms with Crippen LogP contribution in [0, 0.1) is 0 Å². The second kappa shape index (κ2) is 6.34. The van der Waals surface area contributed by atoms with E-state index in [-0.39, 0.29) is 0 Å². The van der Waals surface area contributed by atoms with Gasteiger partial charge < -0.3 is 10.0 Å². The van der Waals surface area contributed by atoms with Gasteiger partial charge in [-0.15, -0.1) is 0 Å². The molecule has 0 bridgehead atoms. The summed E-state index contributed by atoms with van der Waals surface area (Å²) in [5, 5.41) is 10.3. The van der Waals surface area contributed by atoms with Crippen LogP contribution in [0.25, 0.3) is 0 Å². The van der Waals surface area contributed by atoms with Gasteiger partial charge in [-0.25, -0.2) is 0 Å². The van der Waals surface area contributed by atoms with Gasteiger partial charge in [0.05, 0.1) is 5.69 Å². The monoisotopic (exact) mass is 256 g/mol. The quantitative estimate of drug-likeness (QED) is 0.893. The van der Waals surface area contributed by atoms with Gasteiger partial charge in [-0.1, -0.05) is 18.2 Å². The number of hydrogen-bond acceptors (Lipinski definition) is 3. The molecule has 0 aliphatic carbocycles. The van der Waals surface area contributed by atoms with Crippen molar-refractivity contribution in [3.8, 4) is 0 Å². The fourth-order valence-electron chi connectivity index (χ4n) is 2.16. The maximum Gasteiger partial charge on any atom is 0.121 e. The first-order valence-corrected chi connectivity index (χ1v) is 6.70. The first kappa shape index (κ1) is 13.6. The van der Waals surface area contributed by atoms with Crippen LogP contribution in [-0.2, 0) is 0 Å². The zero-order valence-electron chi connectivity index (χ0n) is 11.5. The Morgan fingerprint density at radius 2 is 1.74 bits per heavy atom. The molecule has 0 aliphatic heterocycles. The first-order chi connectivity index (χ1) is 9.26. The molecule has 1 aromatic carbocycles. The SMILES string of the molecule is CCN(CC)c1ccc([C@H](O)c2ccccn2)cc1. The molecule has 0 saturated carbocycles. The lowest BCUT2D eigenvalue weighted by Gasteiger charge is -2.21. The number of nitrogens with zero attached hydrogens (tertiary/aromatic N) is 2. The summed E-state index contributed by atoms with van der Waals surface area (Å²) < 4.78 is 0. The van der Waals surface area contributed by atoms with Crippen molar-refractivity contribution in [2.75, 3.05) is 18.0 Å². The second-order valence-corrected chi connectivity index (χ2v) is 4.42. The third-order valence-electron chi connectivity index (χ3n) is 3.31. The number of hydrogen-bond donors (Lipinski definition) is 1. The second-order valence-electron chi connectivity index (χ2n) is 4.42. The van der Waals surface area contributed by atoms with Gasteiger partial charge in [0.2, 0.25) is 0 Å². The van der Waals surface area contributed by atoms with Crippen LogP contribution < -0.4 is 4.90 Å². The summed E-state index contributed by atoms with van der Waals surface area (Å²) in [5.74, 6) is 0. The van der Waals surface area contributed by atoms with E-state index in [1.165, 1.54) is 5.69 Å². The van der Waals surface area contributed by atoms with Crippen LogP contribution in [0.3, 0.4) is 0 Å². The number of benzene rings is 1. The van der Waals surface area contributed by atoms with Gasteiger partial charge in [0.15, 0.2) is 0 Å². The van der Waals surface area contributed by atoms with E-state index < -0.39 is 6.10 Å². The molecule has 2 aromatic rings. The number of aliphatic hydroxyl groups is 1. The number of pyridine rings is 1. The highest BCUT2D eigenvalue weighted by Gasteiger charge is 2.11. The van der Waals surface area contributed by atoms with Crippen LogP contribution in [0.4, 0.5) is 5.69 Å². The topological polar surface area (TPSA) is 36.4 Å². The Morgan fingerprint density at radius 3 is 2.26 bits per heavy atom. The number of rotatable bonds is 5. The number of aromatic nitrogens is 1. The lowest BCUT2D eigenvalue weighted by atomic mass is 10.1. The van der Waals surface area contributed by atoms with Crippen molar-refractivity contribution in [2.45, 2.75) is 20.0 Å². The average Bonchev–Trinajstić information content (AvgIpc) is 2.49. The summed E-state index contributed by atoms with van der Waals surface area (Å²) in [6, 6.07) is 13.6. The molecule has 3 nitrogen and oxygen atoms in total. The molecule has 1 atom stereocenters. The molecule has 1 heterocycles. The van der Waals surface area contributed by atoms with Crippen molar-refractivity contribution in [1.29, 1.82) is 0 Å². The third-order valence-corrected chi connectivity index (χ3v) is 3.31. The largest absolute Gasteiger partial charge is 0.382 e. The van der Waals surface area contributed by atoms with E-state index in [9.17, 15) is 5.11 Å². The first-order valence-electron chi connectivity index (χ1n) is 6.70. The molecule has 0 unspecified atom stereocenters. The van der Waals surface area contributed by atoms with Crippen molar-refractivity contribution >= 4 is 5.69 Å². The Bertz CT molecular complexity index is 492. The Labute approximate surface area is 114 Å². The minimum Gasteiger partial charge on any atom is -0.382 e. The van der Waals surface area contributed by atoms with E-state index in [2.05, 4.69) is 35.9 Å². The van der Waals surface area contributed by atoms with Crippen LogP contribution in [0.5, 0.6) is 0 Å². The highest BCUT2D eigenvalue weighted by Crippen LogP contribution is 2.23. The van der Waals surface area contributed by atoms with Crippen molar-refractivity contribution in [3.05, 3.63) is 59.9 Å². The number of anilines is 1. The predicted octanol–water partition coefficient (Wildman–Crippen LogP) is 3.01. The van der Waals surface area contributed by atoms with Crippen LogP contribution in [0.1, 0.15) is 31.2 Å². The van der Waals surface area contributed by atoms with Crippen molar-refractivity contribution < 1.29 is 5.11 Å². The van der Waals surface area contributed by atoms with Gasteiger partial charge in [-0.05, 0) is 43.7 Å². The lowest BCUT2D eigenvalue weighted by molar-refractivity contribution is 0.215. The fourth-order valence-corrected chi connectivity index (χ4v) is 2.16. The zero-order valence-corrected chi connectivity index (χ0v) is 11.5. The maximum absolute atomic E-state index is 10.3. The van der Waals surface area contributed by atoms with Crippen molar-refractivity contribution in [2.24, 2.45) is 0 Å². The summed E-state index contributed by atoms with van der Waals surface area (Å²) in [4.78, 5) is 6.46. The van der Waals surface area contributed by atoms with Crippen LogP contribution in [0.2, 0.25) is 0 Å². The van der Waals surface area contributed by atoms with E-state index in [4.69, 9.17) is 0 Å². The Balaban J connectivity index is 2.19. The van der Waals surface area contributed by atoms with E-state index in [0.29, 0.717) is 5.69 Å². The van der Waals surface area contributed by atoms with E-state index in [0.717, 1.165) is 18.7 Å². The van der Waals surface area contributed by atoms with Gasteiger partial charge in [0, 0.05) is 25.0 Å². The predicted molar refractivity (Wildman–Crippen MR) is 78.3 cm³/mol. The molecule has 100 valence electrons. The van der Waals surface area contributed by atoms with Gasteiger partial charge in [0.1, 0.15) is 6.10 Å². The van der Waals surface area contributed by atoms with Crippen molar-refractivity contribution in [3.63, 3.8) is 0 Å². The molecular formula is C16H20N2O. The molecule has 0 radical (unpaired) electrons. The molecular weight excluding hydrogens is 236 g/mol. The Morgan fingerprint density at radius 1 is 1.05 bits per heavy atom. The third kappa shape index (κ3) is 3.12. The molecule has 0 aliphatic rings. The van der Waals surface area contributed by atoms with E-state index >= 15 is 0 Å². The Hall–Kier alpha value is -1.87. The molecule has 1 aromatic heterocycles.